The van der Waals surface area contributed by atoms with Crippen LogP contribution in [0.2, 0.25) is 0 Å². The first-order chi connectivity index (χ1) is 7.15. The van der Waals surface area contributed by atoms with Gasteiger partial charge in [-0.05, 0) is 26.7 Å². The lowest BCUT2D eigenvalue weighted by Crippen LogP contribution is -2.27. The molecule has 0 amide bonds. The van der Waals surface area contributed by atoms with Gasteiger partial charge in [0.1, 0.15) is 11.6 Å². The maximum absolute atomic E-state index is 8.69. The van der Waals surface area contributed by atoms with Crippen molar-refractivity contribution in [3.8, 4) is 0 Å². The van der Waals surface area contributed by atoms with Crippen molar-refractivity contribution in [2.75, 3.05) is 6.61 Å². The summed E-state index contributed by atoms with van der Waals surface area (Å²) < 4.78 is 1.98. The molecule has 0 bridgehead atoms. The number of nitrogens with zero attached hydrogens (tertiary/aromatic N) is 3. The summed E-state index contributed by atoms with van der Waals surface area (Å²) in [6.45, 7) is 5.03. The second kappa shape index (κ2) is 5.82. The minimum Gasteiger partial charge on any atom is -0.396 e. The van der Waals surface area contributed by atoms with Gasteiger partial charge in [-0.25, -0.2) is 0 Å². The highest BCUT2D eigenvalue weighted by molar-refractivity contribution is 4.92. The van der Waals surface area contributed by atoms with Crippen molar-refractivity contribution in [3.05, 3.63) is 11.6 Å². The van der Waals surface area contributed by atoms with E-state index in [2.05, 4.69) is 22.4 Å². The summed E-state index contributed by atoms with van der Waals surface area (Å²) in [5.41, 5.74) is 0. The van der Waals surface area contributed by atoms with Gasteiger partial charge >= 0.3 is 0 Å². The highest BCUT2D eigenvalue weighted by atomic mass is 16.2. The third-order valence-corrected chi connectivity index (χ3v) is 2.59. The van der Waals surface area contributed by atoms with E-state index in [-0.39, 0.29) is 6.61 Å². The van der Waals surface area contributed by atoms with E-state index in [0.29, 0.717) is 6.04 Å². The summed E-state index contributed by atoms with van der Waals surface area (Å²) in [6.07, 6.45) is 1.82. The van der Waals surface area contributed by atoms with Crippen molar-refractivity contribution in [1.82, 2.24) is 20.1 Å². The first kappa shape index (κ1) is 12.1. The summed E-state index contributed by atoms with van der Waals surface area (Å²) in [7, 11) is 1.96. The minimum absolute atomic E-state index is 0.259. The van der Waals surface area contributed by atoms with E-state index in [9.17, 15) is 0 Å². The van der Waals surface area contributed by atoms with Crippen LogP contribution in [0.4, 0.5) is 0 Å². The molecule has 2 N–H and O–H groups in total. The monoisotopic (exact) mass is 212 g/mol. The van der Waals surface area contributed by atoms with Gasteiger partial charge in [-0.2, -0.15) is 0 Å². The molecule has 1 aromatic rings. The Balaban J connectivity index is 2.33. The molecule has 0 aliphatic heterocycles. The van der Waals surface area contributed by atoms with Crippen LogP contribution >= 0.6 is 0 Å². The number of aliphatic hydroxyl groups is 1. The minimum atomic E-state index is 0.259. The van der Waals surface area contributed by atoms with Crippen LogP contribution in [0.25, 0.3) is 0 Å². The number of aryl methyl sites for hydroxylation is 1. The average molecular weight is 212 g/mol. The zero-order chi connectivity index (χ0) is 11.3. The molecule has 1 aromatic heterocycles. The number of hydrogen-bond donors (Lipinski definition) is 2. The van der Waals surface area contributed by atoms with Crippen molar-refractivity contribution in [3.63, 3.8) is 0 Å². The second-order valence-corrected chi connectivity index (χ2v) is 3.87. The van der Waals surface area contributed by atoms with Gasteiger partial charge in [-0.15, -0.1) is 10.2 Å². The third kappa shape index (κ3) is 3.60. The van der Waals surface area contributed by atoms with E-state index < -0.39 is 0 Å². The summed E-state index contributed by atoms with van der Waals surface area (Å²) in [5, 5.41) is 20.1. The number of nitrogens with one attached hydrogen (secondary N) is 1. The topological polar surface area (TPSA) is 63.0 Å². The molecule has 1 unspecified atom stereocenters. The number of hydrogen-bond acceptors (Lipinski definition) is 4. The molecule has 0 saturated carbocycles. The maximum Gasteiger partial charge on any atom is 0.146 e. The highest BCUT2D eigenvalue weighted by Gasteiger charge is 2.06. The van der Waals surface area contributed by atoms with E-state index in [1.807, 2.05) is 18.5 Å². The molecular weight excluding hydrogens is 192 g/mol. The number of rotatable bonds is 6. The molecule has 1 rings (SSSR count). The molecule has 0 aliphatic rings. The smallest absolute Gasteiger partial charge is 0.146 e. The highest BCUT2D eigenvalue weighted by Crippen LogP contribution is 2.00. The fourth-order valence-corrected chi connectivity index (χ4v) is 1.37. The van der Waals surface area contributed by atoms with Crippen molar-refractivity contribution in [2.45, 2.75) is 39.3 Å². The van der Waals surface area contributed by atoms with E-state index >= 15 is 0 Å². The summed E-state index contributed by atoms with van der Waals surface area (Å²) in [4.78, 5) is 0. The Morgan fingerprint density at radius 2 is 2.20 bits per heavy atom. The third-order valence-electron chi connectivity index (χ3n) is 2.59. The summed E-state index contributed by atoms with van der Waals surface area (Å²) >= 11 is 0. The van der Waals surface area contributed by atoms with Gasteiger partial charge in [0.15, 0.2) is 0 Å². The molecule has 5 heteroatoms. The first-order valence-electron chi connectivity index (χ1n) is 5.34. The predicted molar refractivity (Wildman–Crippen MR) is 58.4 cm³/mol. The Kier molecular flexibility index (Phi) is 4.71. The van der Waals surface area contributed by atoms with Crippen LogP contribution in [0.15, 0.2) is 0 Å². The van der Waals surface area contributed by atoms with E-state index in [1.54, 1.807) is 0 Å². The van der Waals surface area contributed by atoms with Crippen molar-refractivity contribution in [2.24, 2.45) is 7.05 Å². The molecule has 15 heavy (non-hydrogen) atoms. The molecule has 1 atom stereocenters. The molecule has 0 aliphatic carbocycles. The predicted octanol–water partition coefficient (Wildman–Crippen LogP) is 0.374. The Morgan fingerprint density at radius 1 is 1.47 bits per heavy atom. The fourth-order valence-electron chi connectivity index (χ4n) is 1.37. The Bertz CT molecular complexity index is 298. The van der Waals surface area contributed by atoms with Crippen molar-refractivity contribution in [1.29, 1.82) is 0 Å². The van der Waals surface area contributed by atoms with E-state index in [4.69, 9.17) is 5.11 Å². The van der Waals surface area contributed by atoms with Crippen LogP contribution in [-0.2, 0) is 13.6 Å². The fraction of sp³-hybridized carbons (Fsp3) is 0.800. The molecule has 0 radical (unpaired) electrons. The number of aromatic nitrogens is 3. The zero-order valence-electron chi connectivity index (χ0n) is 9.69. The lowest BCUT2D eigenvalue weighted by molar-refractivity contribution is 0.276. The Labute approximate surface area is 90.5 Å². The van der Waals surface area contributed by atoms with Crippen LogP contribution in [0.1, 0.15) is 31.4 Å². The van der Waals surface area contributed by atoms with E-state index in [0.717, 1.165) is 31.0 Å². The molecular formula is C10H20N4O. The summed E-state index contributed by atoms with van der Waals surface area (Å²) in [5.74, 6) is 1.87. The molecule has 0 fully saturated rings. The molecule has 5 nitrogen and oxygen atoms in total. The molecule has 0 aromatic carbocycles. The second-order valence-electron chi connectivity index (χ2n) is 3.87. The molecule has 1 heterocycles. The van der Waals surface area contributed by atoms with Crippen LogP contribution in [0, 0.1) is 6.92 Å². The molecule has 0 saturated heterocycles. The van der Waals surface area contributed by atoms with Crippen molar-refractivity contribution >= 4 is 0 Å². The van der Waals surface area contributed by atoms with Gasteiger partial charge in [0.05, 0.1) is 6.54 Å². The van der Waals surface area contributed by atoms with Gasteiger partial charge < -0.3 is 15.0 Å². The first-order valence-corrected chi connectivity index (χ1v) is 5.34. The lowest BCUT2D eigenvalue weighted by atomic mass is 10.2. The maximum atomic E-state index is 8.69. The zero-order valence-corrected chi connectivity index (χ0v) is 9.69. The summed E-state index contributed by atoms with van der Waals surface area (Å²) in [6, 6.07) is 0.397. The SMILES string of the molecule is Cc1nnc(CNC(C)CCCO)n1C. The van der Waals surface area contributed by atoms with Gasteiger partial charge in [-0.1, -0.05) is 0 Å². The van der Waals surface area contributed by atoms with Crippen LogP contribution < -0.4 is 5.32 Å². The van der Waals surface area contributed by atoms with Gasteiger partial charge in [0, 0.05) is 19.7 Å². The van der Waals surface area contributed by atoms with Gasteiger partial charge in [0.25, 0.3) is 0 Å². The Hall–Kier alpha value is -0.940. The van der Waals surface area contributed by atoms with Gasteiger partial charge in [0.2, 0.25) is 0 Å². The molecule has 86 valence electrons. The van der Waals surface area contributed by atoms with Crippen LogP contribution in [-0.4, -0.2) is 32.5 Å². The average Bonchev–Trinajstić information content (AvgIpc) is 2.54. The van der Waals surface area contributed by atoms with Crippen LogP contribution in [0.5, 0.6) is 0 Å². The molecule has 0 spiro atoms. The lowest BCUT2D eigenvalue weighted by Gasteiger charge is -2.12. The quantitative estimate of drug-likeness (QED) is 0.715. The van der Waals surface area contributed by atoms with Crippen LogP contribution in [0.3, 0.4) is 0 Å². The van der Waals surface area contributed by atoms with Gasteiger partial charge in [-0.3, -0.25) is 0 Å². The van der Waals surface area contributed by atoms with E-state index in [1.165, 1.54) is 0 Å². The number of aliphatic hydroxyl groups excluding tert-OH is 1. The standard InChI is InChI=1S/C10H20N4O/c1-8(5-4-6-15)11-7-10-13-12-9(2)14(10)3/h8,11,15H,4-7H2,1-3H3. The Morgan fingerprint density at radius 3 is 2.73 bits per heavy atom. The normalized spacial score (nSPS) is 13.1. The largest absolute Gasteiger partial charge is 0.396 e. The van der Waals surface area contributed by atoms with Crippen molar-refractivity contribution < 1.29 is 5.11 Å².